The van der Waals surface area contributed by atoms with Crippen molar-refractivity contribution >= 4 is 34.5 Å². The monoisotopic (exact) mass is 506 g/mol. The molecule has 2 aliphatic rings. The minimum atomic E-state index is -1.03. The molecule has 6 heteroatoms. The highest BCUT2D eigenvalue weighted by molar-refractivity contribution is 5.96. The fraction of sp³-hybridized carbons (Fsp3) is 0.281. The van der Waals surface area contributed by atoms with Crippen LogP contribution >= 0.6 is 0 Å². The molecule has 0 saturated heterocycles. The SMILES string of the molecule is [2H]C(c1ccc(-c2ccc3c(cnn3C)c2)cc1)N(C(=O)[C@@H]1C[C@@H]2CC[C@H]1C2)c1cccc(/C=C/C(=O)O)c1. The average molecular weight is 507 g/mol. The summed E-state index contributed by atoms with van der Waals surface area (Å²) in [6, 6.07) is 21.3. The molecule has 2 aliphatic carbocycles. The number of nitrogens with zero attached hydrogens (tertiary/aromatic N) is 3. The second kappa shape index (κ2) is 9.93. The fourth-order valence-corrected chi connectivity index (χ4v) is 6.19. The number of aromatic nitrogens is 2. The van der Waals surface area contributed by atoms with Crippen LogP contribution in [0.4, 0.5) is 5.69 Å². The molecule has 4 atom stereocenters. The Bertz CT molecular complexity index is 1580. The van der Waals surface area contributed by atoms with Gasteiger partial charge in [0.25, 0.3) is 0 Å². The van der Waals surface area contributed by atoms with Gasteiger partial charge >= 0.3 is 5.97 Å². The second-order valence-corrected chi connectivity index (χ2v) is 10.5. The highest BCUT2D eigenvalue weighted by Gasteiger charge is 2.44. The molecular weight excluding hydrogens is 474 g/mol. The summed E-state index contributed by atoms with van der Waals surface area (Å²) in [6.07, 6.45) is 8.71. The predicted octanol–water partition coefficient (Wildman–Crippen LogP) is 6.31. The Kier molecular flexibility index (Phi) is 6.00. The Morgan fingerprint density at radius 2 is 1.89 bits per heavy atom. The number of aliphatic carboxylic acids is 1. The highest BCUT2D eigenvalue weighted by Crippen LogP contribution is 2.49. The van der Waals surface area contributed by atoms with E-state index in [0.29, 0.717) is 23.1 Å². The third-order valence-electron chi connectivity index (χ3n) is 8.13. The van der Waals surface area contributed by atoms with Crippen molar-refractivity contribution < 1.29 is 16.1 Å². The molecule has 1 unspecified atom stereocenters. The van der Waals surface area contributed by atoms with E-state index in [0.717, 1.165) is 52.9 Å². The van der Waals surface area contributed by atoms with E-state index in [9.17, 15) is 11.0 Å². The van der Waals surface area contributed by atoms with Gasteiger partial charge in [0.2, 0.25) is 5.91 Å². The molecular formula is C32H31N3O3. The van der Waals surface area contributed by atoms with Gasteiger partial charge in [0, 0.05) is 30.1 Å². The zero-order chi connectivity index (χ0) is 27.1. The zero-order valence-electron chi connectivity index (χ0n) is 22.3. The van der Waals surface area contributed by atoms with Crippen LogP contribution in [0.3, 0.4) is 0 Å². The van der Waals surface area contributed by atoms with E-state index in [1.54, 1.807) is 17.0 Å². The second-order valence-electron chi connectivity index (χ2n) is 10.5. The highest BCUT2D eigenvalue weighted by atomic mass is 16.4. The molecule has 2 bridgehead atoms. The molecule has 1 amide bonds. The average Bonchev–Trinajstić information content (AvgIpc) is 3.68. The number of carboxylic acid groups (broad SMARTS) is 1. The van der Waals surface area contributed by atoms with Crippen LogP contribution in [0, 0.1) is 17.8 Å². The minimum absolute atomic E-state index is 0.00679. The van der Waals surface area contributed by atoms with E-state index in [1.165, 1.54) is 12.5 Å². The summed E-state index contributed by atoms with van der Waals surface area (Å²) in [4.78, 5) is 26.7. The van der Waals surface area contributed by atoms with Crippen molar-refractivity contribution in [2.45, 2.75) is 32.2 Å². The Morgan fingerprint density at radius 1 is 1.08 bits per heavy atom. The Labute approximate surface area is 223 Å². The third kappa shape index (κ3) is 4.74. The van der Waals surface area contributed by atoms with Crippen molar-refractivity contribution in [2.24, 2.45) is 24.8 Å². The van der Waals surface area contributed by atoms with E-state index >= 15 is 0 Å². The van der Waals surface area contributed by atoms with E-state index in [4.69, 9.17) is 5.11 Å². The number of amides is 1. The van der Waals surface area contributed by atoms with E-state index in [2.05, 4.69) is 23.3 Å². The maximum atomic E-state index is 14.0. The van der Waals surface area contributed by atoms with Crippen LogP contribution in [0.1, 0.15) is 38.2 Å². The lowest BCUT2D eigenvalue weighted by Crippen LogP contribution is -2.38. The molecule has 38 heavy (non-hydrogen) atoms. The van der Waals surface area contributed by atoms with Crippen LogP contribution in [0.5, 0.6) is 0 Å². The first-order chi connectivity index (χ1) is 18.9. The molecule has 192 valence electrons. The van der Waals surface area contributed by atoms with Gasteiger partial charge in [-0.1, -0.05) is 48.9 Å². The first-order valence-electron chi connectivity index (χ1n) is 13.7. The molecule has 6 nitrogen and oxygen atoms in total. The molecule has 2 saturated carbocycles. The van der Waals surface area contributed by atoms with Crippen molar-refractivity contribution in [3.05, 3.63) is 90.1 Å². The first kappa shape index (κ1) is 23.0. The summed E-state index contributed by atoms with van der Waals surface area (Å²) in [7, 11) is 1.92. The molecule has 0 aliphatic heterocycles. The predicted molar refractivity (Wildman–Crippen MR) is 149 cm³/mol. The summed E-state index contributed by atoms with van der Waals surface area (Å²) < 4.78 is 11.1. The number of carbonyl (C=O) groups is 2. The maximum absolute atomic E-state index is 14.0. The number of benzene rings is 3. The lowest BCUT2D eigenvalue weighted by Gasteiger charge is -2.30. The maximum Gasteiger partial charge on any atom is 0.328 e. The van der Waals surface area contributed by atoms with Crippen LogP contribution in [0.25, 0.3) is 28.1 Å². The molecule has 4 aromatic rings. The van der Waals surface area contributed by atoms with Crippen LogP contribution in [0.15, 0.2) is 79.0 Å². The first-order valence-corrected chi connectivity index (χ1v) is 13.2. The lowest BCUT2D eigenvalue weighted by atomic mass is 9.87. The van der Waals surface area contributed by atoms with Gasteiger partial charge in [-0.25, -0.2) is 4.79 Å². The van der Waals surface area contributed by atoms with Gasteiger partial charge in [0.05, 0.1) is 19.6 Å². The van der Waals surface area contributed by atoms with Crippen molar-refractivity contribution in [3.8, 4) is 11.1 Å². The number of hydrogen-bond donors (Lipinski definition) is 1. The number of rotatable bonds is 7. The van der Waals surface area contributed by atoms with E-state index < -0.39 is 12.5 Å². The molecule has 1 aromatic heterocycles. The van der Waals surface area contributed by atoms with Crippen molar-refractivity contribution in [3.63, 3.8) is 0 Å². The topological polar surface area (TPSA) is 75.4 Å². The van der Waals surface area contributed by atoms with Crippen molar-refractivity contribution in [1.82, 2.24) is 9.78 Å². The molecule has 0 radical (unpaired) electrons. The van der Waals surface area contributed by atoms with Gasteiger partial charge in [-0.05, 0) is 83.7 Å². The van der Waals surface area contributed by atoms with Crippen molar-refractivity contribution in [2.75, 3.05) is 4.90 Å². The van der Waals surface area contributed by atoms with E-state index in [-0.39, 0.29) is 11.8 Å². The van der Waals surface area contributed by atoms with Gasteiger partial charge in [-0.2, -0.15) is 5.10 Å². The van der Waals surface area contributed by atoms with Crippen LogP contribution in [-0.4, -0.2) is 26.8 Å². The largest absolute Gasteiger partial charge is 0.478 e. The molecule has 6 rings (SSSR count). The van der Waals surface area contributed by atoms with Gasteiger partial charge in [-0.15, -0.1) is 0 Å². The Balaban J connectivity index is 1.32. The molecule has 1 N–H and O–H groups in total. The number of hydrogen-bond acceptors (Lipinski definition) is 3. The molecule has 1 heterocycles. The summed E-state index contributed by atoms with van der Waals surface area (Å²) in [5.74, 6) is -0.113. The number of aryl methyl sites for hydroxylation is 1. The number of carboxylic acids is 1. The summed E-state index contributed by atoms with van der Waals surface area (Å²) >= 11 is 0. The summed E-state index contributed by atoms with van der Waals surface area (Å²) in [6.45, 7) is -0.926. The third-order valence-corrected chi connectivity index (χ3v) is 8.13. The van der Waals surface area contributed by atoms with Gasteiger partial charge < -0.3 is 10.0 Å². The summed E-state index contributed by atoms with van der Waals surface area (Å²) in [5.41, 5.74) is 5.18. The van der Waals surface area contributed by atoms with Crippen molar-refractivity contribution in [1.29, 1.82) is 0 Å². The van der Waals surface area contributed by atoms with Gasteiger partial charge in [0.1, 0.15) is 0 Å². The number of fused-ring (bicyclic) bond motifs is 3. The Morgan fingerprint density at radius 3 is 2.63 bits per heavy atom. The zero-order valence-corrected chi connectivity index (χ0v) is 21.3. The minimum Gasteiger partial charge on any atom is -0.478 e. The summed E-state index contributed by atoms with van der Waals surface area (Å²) in [5, 5.41) is 14.4. The van der Waals surface area contributed by atoms with Gasteiger partial charge in [-0.3, -0.25) is 9.48 Å². The molecule has 2 fully saturated rings. The van der Waals surface area contributed by atoms with Crippen LogP contribution < -0.4 is 4.90 Å². The molecule has 0 spiro atoms. The fourth-order valence-electron chi connectivity index (χ4n) is 6.19. The van der Waals surface area contributed by atoms with Crippen LogP contribution in [0.2, 0.25) is 0 Å². The van der Waals surface area contributed by atoms with E-state index in [1.807, 2.05) is 54.3 Å². The number of carbonyl (C=O) groups excluding carboxylic acids is 1. The number of anilines is 1. The molecule has 3 aromatic carbocycles. The standard InChI is InChI=1S/C32H31N3O3/c1-34-30-13-12-25(18-27(30)19-33-34)24-9-5-22(6-10-24)20-35(32(38)29-17-23-7-11-26(29)15-23)28-4-2-3-21(16-28)8-14-31(36)37/h2-6,8-10,12-14,16,18-19,23,26,29H,7,11,15,17,20H2,1H3,(H,36,37)/b14-8+/t23-,26+,29-/m1/s1/i20D/t20?,23-,26+,29-. The van der Waals surface area contributed by atoms with Gasteiger partial charge in [0.15, 0.2) is 0 Å². The quantitative estimate of drug-likeness (QED) is 0.298. The smallest absolute Gasteiger partial charge is 0.328 e. The lowest BCUT2D eigenvalue weighted by molar-refractivity contribution is -0.131. The van der Waals surface area contributed by atoms with Crippen LogP contribution in [-0.2, 0) is 23.2 Å². The Hall–Kier alpha value is -4.19. The normalized spacial score (nSPS) is 21.6.